The van der Waals surface area contributed by atoms with Crippen molar-refractivity contribution in [3.8, 4) is 11.3 Å². The number of aliphatic hydroxyl groups excluding tert-OH is 1. The maximum atomic E-state index is 12.7. The van der Waals surface area contributed by atoms with Gasteiger partial charge in [-0.1, -0.05) is 18.2 Å². The van der Waals surface area contributed by atoms with Gasteiger partial charge in [-0.05, 0) is 36.4 Å². The van der Waals surface area contributed by atoms with Crippen LogP contribution in [0.3, 0.4) is 0 Å². The van der Waals surface area contributed by atoms with Gasteiger partial charge in [0.15, 0.2) is 12.2 Å². The summed E-state index contributed by atoms with van der Waals surface area (Å²) >= 11 is 0. The van der Waals surface area contributed by atoms with Gasteiger partial charge in [-0.15, -0.1) is 0 Å². The number of aliphatic hydroxyl groups is 1. The molecule has 10 nitrogen and oxygen atoms in total. The first-order chi connectivity index (χ1) is 18.0. The van der Waals surface area contributed by atoms with Crippen LogP contribution in [0.25, 0.3) is 11.3 Å². The number of para-hydroxylation sites is 1. The van der Waals surface area contributed by atoms with Crippen molar-refractivity contribution in [1.82, 2.24) is 24.8 Å². The van der Waals surface area contributed by atoms with Gasteiger partial charge in [-0.25, -0.2) is 14.8 Å². The second-order valence-corrected chi connectivity index (χ2v) is 8.92. The number of amides is 2. The van der Waals surface area contributed by atoms with Gasteiger partial charge in [-0.2, -0.15) is 4.98 Å². The summed E-state index contributed by atoms with van der Waals surface area (Å²) in [4.78, 5) is 31.8. The molecule has 3 heterocycles. The number of benzene rings is 2. The van der Waals surface area contributed by atoms with Gasteiger partial charge in [0.1, 0.15) is 5.82 Å². The van der Waals surface area contributed by atoms with Crippen molar-refractivity contribution in [2.45, 2.75) is 13.0 Å². The topological polar surface area (TPSA) is 111 Å². The predicted octanol–water partition coefficient (Wildman–Crippen LogP) is 4.05. The molecule has 0 spiro atoms. The number of aromatic nitrogens is 3. The number of rotatable bonds is 7. The van der Waals surface area contributed by atoms with Crippen LogP contribution in [-0.2, 0) is 13.0 Å². The van der Waals surface area contributed by atoms with E-state index in [1.807, 2.05) is 59.5 Å². The molecule has 10 heteroatoms. The molecule has 1 aliphatic rings. The summed E-state index contributed by atoms with van der Waals surface area (Å²) < 4.78 is 5.37. The molecule has 0 unspecified atom stereocenters. The largest absolute Gasteiger partial charge is 0.444 e. The highest BCUT2D eigenvalue weighted by molar-refractivity contribution is 5.75. The number of carbonyl (C=O) groups is 1. The fourth-order valence-corrected chi connectivity index (χ4v) is 4.39. The first-order valence-corrected chi connectivity index (χ1v) is 12.1. The summed E-state index contributed by atoms with van der Waals surface area (Å²) in [6.45, 7) is 1.25. The normalized spacial score (nSPS) is 12.7. The second kappa shape index (κ2) is 10.7. The second-order valence-electron chi connectivity index (χ2n) is 8.92. The third-order valence-corrected chi connectivity index (χ3v) is 6.20. The number of fused-ring (bicyclic) bond motifs is 1. The number of nitrogens with zero attached hydrogens (tertiary/aromatic N) is 6. The van der Waals surface area contributed by atoms with Gasteiger partial charge < -0.3 is 29.5 Å². The molecule has 2 aromatic carbocycles. The minimum absolute atomic E-state index is 0.0557. The van der Waals surface area contributed by atoms with Crippen LogP contribution in [0.15, 0.2) is 71.6 Å². The fourth-order valence-electron chi connectivity index (χ4n) is 4.39. The maximum absolute atomic E-state index is 12.7. The summed E-state index contributed by atoms with van der Waals surface area (Å²) in [7, 11) is 3.50. The van der Waals surface area contributed by atoms with Crippen molar-refractivity contribution < 1.29 is 14.3 Å². The molecule has 37 heavy (non-hydrogen) atoms. The van der Waals surface area contributed by atoms with E-state index < -0.39 is 0 Å². The van der Waals surface area contributed by atoms with Crippen LogP contribution in [0.4, 0.5) is 27.9 Å². The zero-order chi connectivity index (χ0) is 25.8. The molecule has 0 aliphatic carbocycles. The number of oxazole rings is 1. The summed E-state index contributed by atoms with van der Waals surface area (Å²) in [6.07, 6.45) is 3.68. The summed E-state index contributed by atoms with van der Waals surface area (Å²) in [5.41, 5.74) is 4.40. The first-order valence-electron chi connectivity index (χ1n) is 12.1. The quantitative estimate of drug-likeness (QED) is 0.392. The number of urea groups is 1. The highest BCUT2D eigenvalue weighted by Crippen LogP contribution is 2.33. The average Bonchev–Trinajstić information content (AvgIpc) is 3.47. The Hall–Kier alpha value is -4.44. The molecule has 5 rings (SSSR count). The van der Waals surface area contributed by atoms with Crippen LogP contribution in [0.5, 0.6) is 0 Å². The third kappa shape index (κ3) is 5.24. The van der Waals surface area contributed by atoms with E-state index in [1.165, 1.54) is 6.39 Å². The standard InChI is InChI=1S/C27H29N7O3/c1-32(2)27(36)33-13-12-23-22(17-33)25(34(14-15-35)21-6-4-3-5-7-21)31-26(30-23)29-20-10-8-19(9-11-20)24-16-28-18-37-24/h3-11,16,18,35H,12-15,17H2,1-2H3,(H,29,30,31). The molecule has 0 radical (unpaired) electrons. The highest BCUT2D eigenvalue weighted by Gasteiger charge is 2.29. The van der Waals surface area contributed by atoms with Gasteiger partial charge in [0.2, 0.25) is 5.95 Å². The average molecular weight is 500 g/mol. The van der Waals surface area contributed by atoms with Crippen molar-refractivity contribution in [2.24, 2.45) is 0 Å². The van der Waals surface area contributed by atoms with E-state index in [4.69, 9.17) is 14.4 Å². The predicted molar refractivity (Wildman–Crippen MR) is 141 cm³/mol. The van der Waals surface area contributed by atoms with Gasteiger partial charge in [-0.3, -0.25) is 0 Å². The minimum atomic E-state index is -0.0564. The Morgan fingerprint density at radius 1 is 1.11 bits per heavy atom. The molecule has 0 atom stereocenters. The molecule has 0 saturated heterocycles. The van der Waals surface area contributed by atoms with Crippen LogP contribution >= 0.6 is 0 Å². The number of hydrogen-bond acceptors (Lipinski definition) is 8. The Labute approximate surface area is 215 Å². The Balaban J connectivity index is 1.52. The Morgan fingerprint density at radius 3 is 2.57 bits per heavy atom. The van der Waals surface area contributed by atoms with Crippen LogP contribution in [0.1, 0.15) is 11.3 Å². The lowest BCUT2D eigenvalue weighted by Crippen LogP contribution is -2.43. The molecule has 4 aromatic rings. The Morgan fingerprint density at radius 2 is 1.89 bits per heavy atom. The molecule has 2 N–H and O–H groups in total. The molecule has 190 valence electrons. The minimum Gasteiger partial charge on any atom is -0.444 e. The molecule has 2 aromatic heterocycles. The summed E-state index contributed by atoms with van der Waals surface area (Å²) in [5.74, 6) is 1.81. The van der Waals surface area contributed by atoms with E-state index in [-0.39, 0.29) is 12.6 Å². The molecule has 0 fully saturated rings. The summed E-state index contributed by atoms with van der Waals surface area (Å²) in [5, 5.41) is 13.2. The van der Waals surface area contributed by atoms with Crippen LogP contribution in [0, 0.1) is 0 Å². The molecule has 1 aliphatic heterocycles. The van der Waals surface area contributed by atoms with Gasteiger partial charge in [0.05, 0.1) is 25.0 Å². The third-order valence-electron chi connectivity index (χ3n) is 6.20. The lowest BCUT2D eigenvalue weighted by atomic mass is 10.1. The zero-order valence-corrected chi connectivity index (χ0v) is 20.8. The number of hydrogen-bond donors (Lipinski definition) is 2. The van der Waals surface area contributed by atoms with Gasteiger partial charge in [0, 0.05) is 56.1 Å². The van der Waals surface area contributed by atoms with Crippen molar-refractivity contribution in [1.29, 1.82) is 0 Å². The smallest absolute Gasteiger partial charge is 0.319 e. The zero-order valence-electron chi connectivity index (χ0n) is 20.8. The molecule has 0 saturated carbocycles. The van der Waals surface area contributed by atoms with E-state index in [0.29, 0.717) is 43.6 Å². The highest BCUT2D eigenvalue weighted by atomic mass is 16.3. The Bertz CT molecular complexity index is 1340. The number of anilines is 4. The maximum Gasteiger partial charge on any atom is 0.319 e. The molecule has 0 bridgehead atoms. The number of nitrogens with one attached hydrogen (secondary N) is 1. The van der Waals surface area contributed by atoms with E-state index in [2.05, 4.69) is 10.3 Å². The van der Waals surface area contributed by atoms with Gasteiger partial charge >= 0.3 is 6.03 Å². The molecule has 2 amide bonds. The lowest BCUT2D eigenvalue weighted by molar-refractivity contribution is 0.165. The van der Waals surface area contributed by atoms with Crippen molar-refractivity contribution in [2.75, 3.05) is 44.0 Å². The van der Waals surface area contributed by atoms with E-state index in [1.54, 1.807) is 30.1 Å². The van der Waals surface area contributed by atoms with Crippen molar-refractivity contribution in [3.05, 3.63) is 78.4 Å². The van der Waals surface area contributed by atoms with Gasteiger partial charge in [0.25, 0.3) is 0 Å². The Kier molecular flexibility index (Phi) is 7.00. The van der Waals surface area contributed by atoms with E-state index in [9.17, 15) is 9.90 Å². The van der Waals surface area contributed by atoms with E-state index >= 15 is 0 Å². The lowest BCUT2D eigenvalue weighted by Gasteiger charge is -2.34. The SMILES string of the molecule is CN(C)C(=O)N1CCc2nc(Nc3ccc(-c4cnco4)cc3)nc(N(CCO)c3ccccc3)c2C1. The van der Waals surface area contributed by atoms with Crippen LogP contribution in [0.2, 0.25) is 0 Å². The van der Waals surface area contributed by atoms with Crippen LogP contribution < -0.4 is 10.2 Å². The van der Waals surface area contributed by atoms with Crippen molar-refractivity contribution >= 4 is 29.2 Å². The van der Waals surface area contributed by atoms with E-state index in [0.717, 1.165) is 28.2 Å². The molecular formula is C27H29N7O3. The van der Waals surface area contributed by atoms with Crippen LogP contribution in [-0.4, -0.2) is 69.7 Å². The fraction of sp³-hybridized carbons (Fsp3) is 0.259. The molecular weight excluding hydrogens is 470 g/mol. The van der Waals surface area contributed by atoms with Crippen molar-refractivity contribution in [3.63, 3.8) is 0 Å². The first kappa shape index (κ1) is 24.3. The number of carbonyl (C=O) groups excluding carboxylic acids is 1. The summed E-state index contributed by atoms with van der Waals surface area (Å²) in [6, 6.07) is 17.5. The monoisotopic (exact) mass is 499 g/mol.